The van der Waals surface area contributed by atoms with Crippen molar-refractivity contribution in [1.29, 1.82) is 0 Å². The Morgan fingerprint density at radius 2 is 1.82 bits per heavy atom. The van der Waals surface area contributed by atoms with E-state index in [4.69, 9.17) is 9.47 Å². The third kappa shape index (κ3) is 6.29. The van der Waals surface area contributed by atoms with Gasteiger partial charge < -0.3 is 45.4 Å². The zero-order valence-corrected chi connectivity index (χ0v) is 33.0. The fourth-order valence-electron chi connectivity index (χ4n) is 12.6. The Hall–Kier alpha value is -1.30. The molecule has 9 N–H and O–H groups in total. The van der Waals surface area contributed by atoms with E-state index < -0.39 is 71.5 Å². The number of quaternary nitrogens is 1. The molecule has 0 aromatic rings. The first-order valence-electron chi connectivity index (χ1n) is 20.9. The number of rotatable bonds is 4. The number of nitrogens with two attached hydrogens (primary N) is 1. The highest BCUT2D eigenvalue weighted by atomic mass is 33.1. The maximum absolute atomic E-state index is 15.4. The number of aliphatic hydroxyl groups is 6. The SMILES string of the molecule is O=C1C2CCCC3O[C@@H]4O[C@]5(CO)CC[C@@H](CC6CC[NH2+]C7N[C@H](C=CC67)SSC[C@@]6(C(=O)C32)C(O)=CC(CC2CCCC(CO)C2)=C[C@@H]16)[C@](O)([C@@H]5O)[C@H]4O. The lowest BCUT2D eigenvalue weighted by molar-refractivity contribution is -0.711. The van der Waals surface area contributed by atoms with Crippen LogP contribution in [0.25, 0.3) is 0 Å². The van der Waals surface area contributed by atoms with Crippen molar-refractivity contribution in [3.63, 3.8) is 0 Å². The Balaban J connectivity index is 1.10. The summed E-state index contributed by atoms with van der Waals surface area (Å²) < 4.78 is 12.9. The van der Waals surface area contributed by atoms with Gasteiger partial charge in [0.1, 0.15) is 46.5 Å². The third-order valence-corrected chi connectivity index (χ3v) is 18.2. The second kappa shape index (κ2) is 15.1. The highest BCUT2D eigenvalue weighted by molar-refractivity contribution is 8.77. The fraction of sp³-hybridized carbons (Fsp3) is 0.805. The predicted molar refractivity (Wildman–Crippen MR) is 205 cm³/mol. The van der Waals surface area contributed by atoms with Crippen molar-refractivity contribution in [3.05, 3.63) is 35.6 Å². The van der Waals surface area contributed by atoms with Crippen LogP contribution in [-0.2, 0) is 19.1 Å². The number of hydrogen-bond acceptors (Lipinski definition) is 13. The molecule has 7 fully saturated rings. The normalized spacial score (nSPS) is 51.1. The Bertz CT molecular complexity index is 1610. The van der Waals surface area contributed by atoms with Gasteiger partial charge in [-0.05, 0) is 86.7 Å². The van der Waals surface area contributed by atoms with Crippen molar-refractivity contribution in [3.8, 4) is 0 Å². The number of carbonyl (C=O) groups excluding carboxylic acids is 2. The molecular weight excluding hydrogens is 745 g/mol. The number of carbonyl (C=O) groups is 2. The molecule has 9 bridgehead atoms. The molecule has 8 unspecified atom stereocenters. The molecule has 55 heavy (non-hydrogen) atoms. The third-order valence-electron chi connectivity index (χ3n) is 15.6. The van der Waals surface area contributed by atoms with Gasteiger partial charge in [-0.3, -0.25) is 14.9 Å². The van der Waals surface area contributed by atoms with E-state index in [-0.39, 0.29) is 65.4 Å². The summed E-state index contributed by atoms with van der Waals surface area (Å²) in [6.45, 7) is 0.449. The molecule has 0 aromatic carbocycles. The highest BCUT2D eigenvalue weighted by Crippen LogP contribution is 2.58. The molecule has 14 heteroatoms. The van der Waals surface area contributed by atoms with Gasteiger partial charge in [0, 0.05) is 30.6 Å². The van der Waals surface area contributed by atoms with E-state index >= 15 is 4.79 Å². The molecule has 5 aliphatic carbocycles. The molecule has 304 valence electrons. The van der Waals surface area contributed by atoms with E-state index in [1.54, 1.807) is 16.9 Å². The first-order valence-corrected chi connectivity index (χ1v) is 23.3. The molecule has 5 heterocycles. The molecule has 10 rings (SSSR count). The highest BCUT2D eigenvalue weighted by Gasteiger charge is 2.69. The average molecular weight is 804 g/mol. The van der Waals surface area contributed by atoms with E-state index in [2.05, 4.69) is 22.8 Å². The zero-order valence-electron chi connectivity index (χ0n) is 31.4. The Morgan fingerprint density at radius 3 is 2.64 bits per heavy atom. The van der Waals surface area contributed by atoms with E-state index in [1.165, 1.54) is 10.8 Å². The van der Waals surface area contributed by atoms with Crippen molar-refractivity contribution in [2.24, 2.45) is 52.8 Å². The number of ketones is 2. The van der Waals surface area contributed by atoms with Crippen LogP contribution in [0.5, 0.6) is 0 Å². The minimum Gasteiger partial charge on any atom is -0.511 e. The van der Waals surface area contributed by atoms with Crippen molar-refractivity contribution in [1.82, 2.24) is 5.32 Å². The number of allylic oxidation sites excluding steroid dienone is 4. The van der Waals surface area contributed by atoms with Crippen molar-refractivity contribution < 1.29 is 55.0 Å². The minimum atomic E-state index is -2.04. The zero-order chi connectivity index (χ0) is 38.3. The van der Waals surface area contributed by atoms with Crippen molar-refractivity contribution >= 4 is 33.2 Å². The lowest BCUT2D eigenvalue weighted by Gasteiger charge is -2.61. The van der Waals surface area contributed by atoms with Gasteiger partial charge in [-0.25, -0.2) is 0 Å². The van der Waals surface area contributed by atoms with E-state index in [1.807, 2.05) is 6.08 Å². The summed E-state index contributed by atoms with van der Waals surface area (Å²) in [5, 5.41) is 75.1. The topological polar surface area (TPSA) is 203 Å². The maximum Gasteiger partial charge on any atom is 0.187 e. The Kier molecular flexibility index (Phi) is 10.7. The number of hydrogen-bond donors (Lipinski definition) is 8. The average Bonchev–Trinajstić information content (AvgIpc) is 3.19. The minimum absolute atomic E-state index is 0.0709. The summed E-state index contributed by atoms with van der Waals surface area (Å²) >= 11 is 0. The molecule has 5 aliphatic heterocycles. The van der Waals surface area contributed by atoms with Crippen LogP contribution in [0.15, 0.2) is 35.6 Å². The Labute approximate surface area is 330 Å². The van der Waals surface area contributed by atoms with Crippen LogP contribution >= 0.6 is 21.6 Å². The van der Waals surface area contributed by atoms with Crippen LogP contribution < -0.4 is 10.6 Å². The van der Waals surface area contributed by atoms with Crippen LogP contribution in [0.4, 0.5) is 0 Å². The van der Waals surface area contributed by atoms with Gasteiger partial charge in [-0.2, -0.15) is 0 Å². The lowest BCUT2D eigenvalue weighted by atomic mass is 9.52. The summed E-state index contributed by atoms with van der Waals surface area (Å²) in [6.07, 6.45) is 10.9. The van der Waals surface area contributed by atoms with Gasteiger partial charge >= 0.3 is 0 Å². The molecule has 12 nitrogen and oxygen atoms in total. The van der Waals surface area contributed by atoms with Crippen LogP contribution in [0.1, 0.15) is 77.0 Å². The molecular formula is C41H59N2O10S2+. The smallest absolute Gasteiger partial charge is 0.187 e. The molecule has 0 amide bonds. The van der Waals surface area contributed by atoms with Gasteiger partial charge in [0.2, 0.25) is 0 Å². The van der Waals surface area contributed by atoms with Gasteiger partial charge in [0.15, 0.2) is 12.1 Å². The quantitative estimate of drug-likeness (QED) is 0.151. The van der Waals surface area contributed by atoms with Crippen LogP contribution in [0, 0.1) is 52.8 Å². The predicted octanol–water partition coefficient (Wildman–Crippen LogP) is 1.86. The number of nitrogens with one attached hydrogen (secondary N) is 1. The number of Topliss-reactive ketones (excluding diaryl/α,β-unsaturated/α-hetero) is 2. The van der Waals surface area contributed by atoms with Gasteiger partial charge in [0.05, 0.1) is 36.5 Å². The maximum atomic E-state index is 15.4. The lowest BCUT2D eigenvalue weighted by Crippen LogP contribution is -2.97. The van der Waals surface area contributed by atoms with Gasteiger partial charge in [-0.15, -0.1) is 0 Å². The van der Waals surface area contributed by atoms with Crippen molar-refractivity contribution in [2.75, 3.05) is 25.5 Å². The van der Waals surface area contributed by atoms with E-state index in [0.29, 0.717) is 44.4 Å². The number of ether oxygens (including phenoxy) is 2. The van der Waals surface area contributed by atoms with Crippen LogP contribution in [-0.4, -0.2) is 115 Å². The number of fused-ring (bicyclic) bond motifs is 3. The molecule has 4 saturated carbocycles. The first kappa shape index (κ1) is 39.2. The van der Waals surface area contributed by atoms with Crippen molar-refractivity contribution in [2.45, 2.75) is 124 Å². The summed E-state index contributed by atoms with van der Waals surface area (Å²) in [5.41, 5.74) is -4.26. The summed E-state index contributed by atoms with van der Waals surface area (Å²) in [6, 6.07) is 0. The second-order valence-electron chi connectivity index (χ2n) is 18.4. The monoisotopic (exact) mass is 803 g/mol. The number of piperidine rings is 1. The molecule has 0 radical (unpaired) electrons. The van der Waals surface area contributed by atoms with Gasteiger partial charge in [0.25, 0.3) is 0 Å². The largest absolute Gasteiger partial charge is 0.511 e. The van der Waals surface area contributed by atoms with E-state index in [0.717, 1.165) is 44.2 Å². The molecule has 1 spiro atoms. The summed E-state index contributed by atoms with van der Waals surface area (Å²) in [5.74, 6) is -2.26. The van der Waals surface area contributed by atoms with E-state index in [9.17, 15) is 35.4 Å². The summed E-state index contributed by atoms with van der Waals surface area (Å²) in [4.78, 5) is 30.3. The summed E-state index contributed by atoms with van der Waals surface area (Å²) in [7, 11) is 3.10. The molecule has 17 atom stereocenters. The fourth-order valence-corrected chi connectivity index (χ4v) is 15.4. The van der Waals surface area contributed by atoms with Crippen LogP contribution in [0.3, 0.4) is 0 Å². The first-order chi connectivity index (χ1) is 26.5. The van der Waals surface area contributed by atoms with Gasteiger partial charge in [-0.1, -0.05) is 59.1 Å². The molecule has 10 aliphatic rings. The molecule has 0 aromatic heterocycles. The van der Waals surface area contributed by atoms with Crippen LogP contribution in [0.2, 0.25) is 0 Å². The second-order valence-corrected chi connectivity index (χ2v) is 20.9. The standard InChI is InChI=1S/C41H58N2O10S2/c44-18-22-4-1-3-21(13-22)14-23-15-28-33(47)27-5-2-6-29-32(27)34(48)40(28,30(46)16-23)20-54-55-31-8-7-26-24(10-12-42-36(26)43-31)17-25-9-11-39(19-45)38(50)41(25,51)35(49)37(52-29)53-39/h7-8,15-16,21-22,24-29,31-32,35-38,42-46,49-51H,1-6,9-14,17-20H2/p+1/t21?,22?,24?,25-,26?,27?,28-,29?,31-,32?,35-,36?,37+,38+,39-,40-,41+/m0/s1. The Morgan fingerprint density at radius 1 is 1.00 bits per heavy atom. The number of aliphatic hydroxyl groups excluding tert-OH is 5. The molecule has 3 saturated heterocycles.